The minimum absolute atomic E-state index is 0.0842. The number of amides is 2. The van der Waals surface area contributed by atoms with Crippen LogP contribution in [0.1, 0.15) is 61.6 Å². The van der Waals surface area contributed by atoms with Crippen LogP contribution in [0.4, 0.5) is 10.6 Å². The number of rotatable bonds is 12. The maximum Gasteiger partial charge on any atom is 0.407 e. The van der Waals surface area contributed by atoms with Crippen LogP contribution < -0.4 is 15.5 Å². The van der Waals surface area contributed by atoms with Crippen molar-refractivity contribution in [2.75, 3.05) is 25.1 Å². The number of hydrogen-bond acceptors (Lipinski definition) is 9. The quantitative estimate of drug-likeness (QED) is 0.255. The molecule has 3 rings (SSSR count). The smallest absolute Gasteiger partial charge is 0.407 e. The minimum atomic E-state index is -2.11. The third kappa shape index (κ3) is 9.16. The summed E-state index contributed by atoms with van der Waals surface area (Å²) in [4.78, 5) is 63.1. The second kappa shape index (κ2) is 14.3. The number of halogens is 1. The van der Waals surface area contributed by atoms with E-state index in [1.807, 2.05) is 4.90 Å². The minimum Gasteiger partial charge on any atom is -0.481 e. The summed E-state index contributed by atoms with van der Waals surface area (Å²) in [7, 11) is 1.44. The Morgan fingerprint density at radius 1 is 1.16 bits per heavy atom. The first-order valence-corrected chi connectivity index (χ1v) is 13.9. The number of hydrogen-bond donors (Lipinski definition) is 4. The highest BCUT2D eigenvalue weighted by atomic mass is 35.5. The fourth-order valence-electron chi connectivity index (χ4n) is 4.73. The molecule has 1 fully saturated rings. The van der Waals surface area contributed by atoms with Gasteiger partial charge in [0.1, 0.15) is 24.6 Å². The second-order valence-corrected chi connectivity index (χ2v) is 11.5. The van der Waals surface area contributed by atoms with Gasteiger partial charge in [0.2, 0.25) is 0 Å². The average Bonchev–Trinajstić information content (AvgIpc) is 3.24. The third-order valence-corrected chi connectivity index (χ3v) is 6.79. The van der Waals surface area contributed by atoms with E-state index in [2.05, 4.69) is 15.7 Å². The van der Waals surface area contributed by atoms with Crippen molar-refractivity contribution in [1.29, 1.82) is 0 Å². The fourth-order valence-corrected chi connectivity index (χ4v) is 4.93. The molecule has 0 spiro atoms. The molecule has 2 heterocycles. The molecule has 43 heavy (non-hydrogen) atoms. The van der Waals surface area contributed by atoms with Gasteiger partial charge in [-0.05, 0) is 45.2 Å². The van der Waals surface area contributed by atoms with Gasteiger partial charge < -0.3 is 35.2 Å². The zero-order valence-corrected chi connectivity index (χ0v) is 25.1. The fraction of sp³-hybridized carbons (Fsp3) is 0.500. The van der Waals surface area contributed by atoms with Crippen LogP contribution in [0.2, 0.25) is 5.02 Å². The molecule has 0 bridgehead atoms. The summed E-state index contributed by atoms with van der Waals surface area (Å²) >= 11 is 6.46. The molecule has 2 atom stereocenters. The van der Waals surface area contributed by atoms with E-state index in [0.29, 0.717) is 47.9 Å². The van der Waals surface area contributed by atoms with Gasteiger partial charge in [0.25, 0.3) is 5.91 Å². The number of ketones is 1. The molecule has 234 valence electrons. The molecule has 15 heteroatoms. The molecule has 1 saturated heterocycles. The van der Waals surface area contributed by atoms with E-state index in [1.54, 1.807) is 45.0 Å². The molecule has 1 aliphatic heterocycles. The van der Waals surface area contributed by atoms with Crippen molar-refractivity contribution >= 4 is 47.1 Å². The first-order chi connectivity index (χ1) is 20.2. The highest BCUT2D eigenvalue weighted by Crippen LogP contribution is 2.32. The number of anilines is 1. The first kappa shape index (κ1) is 33.3. The van der Waals surface area contributed by atoms with E-state index >= 15 is 0 Å². The number of nitrogens with one attached hydrogen (secondary N) is 2. The van der Waals surface area contributed by atoms with Crippen molar-refractivity contribution in [3.8, 4) is 0 Å². The van der Waals surface area contributed by atoms with Gasteiger partial charge in [0.05, 0.1) is 0 Å². The van der Waals surface area contributed by atoms with Gasteiger partial charge >= 0.3 is 18.0 Å². The van der Waals surface area contributed by atoms with Crippen molar-refractivity contribution in [3.05, 3.63) is 46.1 Å². The summed E-state index contributed by atoms with van der Waals surface area (Å²) in [5, 5.41) is 28.4. The SMILES string of the molecule is COCn1nc(C(=O)N[C@H](C(=O)O)C(=O)CC(=O)O)c(Cc2ccccc2Cl)c1N1CCC[C@@H](NC(=O)OC(C)(C)C)C1. The lowest BCUT2D eigenvalue weighted by molar-refractivity contribution is -0.145. The van der Waals surface area contributed by atoms with E-state index in [4.69, 9.17) is 26.2 Å². The van der Waals surface area contributed by atoms with Gasteiger partial charge in [-0.15, -0.1) is 0 Å². The van der Waals surface area contributed by atoms with Crippen molar-refractivity contribution < 1.29 is 43.7 Å². The Morgan fingerprint density at radius 2 is 1.86 bits per heavy atom. The molecule has 0 radical (unpaired) electrons. The van der Waals surface area contributed by atoms with Gasteiger partial charge in [0.15, 0.2) is 17.5 Å². The highest BCUT2D eigenvalue weighted by Gasteiger charge is 2.35. The zero-order chi connectivity index (χ0) is 31.9. The Labute approximate surface area is 253 Å². The summed E-state index contributed by atoms with van der Waals surface area (Å²) < 4.78 is 12.2. The predicted octanol–water partition coefficient (Wildman–Crippen LogP) is 2.45. The molecule has 0 aliphatic carbocycles. The van der Waals surface area contributed by atoms with E-state index in [9.17, 15) is 29.1 Å². The number of carboxylic acids is 2. The lowest BCUT2D eigenvalue weighted by Gasteiger charge is -2.35. The largest absolute Gasteiger partial charge is 0.481 e. The van der Waals surface area contributed by atoms with Crippen LogP contribution in [0.15, 0.2) is 24.3 Å². The number of piperidine rings is 1. The van der Waals surface area contributed by atoms with E-state index in [1.165, 1.54) is 11.8 Å². The summed E-state index contributed by atoms with van der Waals surface area (Å²) in [6, 6.07) is 4.56. The van der Waals surface area contributed by atoms with Crippen molar-refractivity contribution in [1.82, 2.24) is 20.4 Å². The number of ether oxygens (including phenoxy) is 2. The predicted molar refractivity (Wildman–Crippen MR) is 154 cm³/mol. The number of Topliss-reactive ketones (excluding diaryl/α,β-unsaturated/α-hetero) is 1. The van der Waals surface area contributed by atoms with Crippen LogP contribution in [-0.2, 0) is 37.0 Å². The number of carboxylic acid groups (broad SMARTS) is 2. The normalized spacial score (nSPS) is 15.8. The Kier molecular flexibility index (Phi) is 11.1. The maximum atomic E-state index is 13.5. The van der Waals surface area contributed by atoms with E-state index in [-0.39, 0.29) is 24.9 Å². The average molecular weight is 622 g/mol. The van der Waals surface area contributed by atoms with Crippen LogP contribution in [0.3, 0.4) is 0 Å². The Bertz CT molecular complexity index is 1370. The number of carbonyl (C=O) groups is 5. The van der Waals surface area contributed by atoms with Crippen LogP contribution >= 0.6 is 11.6 Å². The van der Waals surface area contributed by atoms with Crippen LogP contribution in [0.25, 0.3) is 0 Å². The van der Waals surface area contributed by atoms with Crippen molar-refractivity contribution in [2.45, 2.75) is 70.9 Å². The summed E-state index contributed by atoms with van der Waals surface area (Å²) in [6.45, 7) is 6.08. The molecular formula is C28H36ClN5O9. The molecular weight excluding hydrogens is 586 g/mol. The van der Waals surface area contributed by atoms with Crippen molar-refractivity contribution in [3.63, 3.8) is 0 Å². The zero-order valence-electron chi connectivity index (χ0n) is 24.4. The number of nitrogens with zero attached hydrogens (tertiary/aromatic N) is 3. The van der Waals surface area contributed by atoms with Gasteiger partial charge in [-0.25, -0.2) is 14.3 Å². The second-order valence-electron chi connectivity index (χ2n) is 11.0. The van der Waals surface area contributed by atoms with Gasteiger partial charge in [-0.1, -0.05) is 29.8 Å². The molecule has 2 amide bonds. The van der Waals surface area contributed by atoms with E-state index < -0.39 is 47.8 Å². The first-order valence-electron chi connectivity index (χ1n) is 13.5. The molecule has 14 nitrogen and oxygen atoms in total. The van der Waals surface area contributed by atoms with Gasteiger partial charge in [-0.3, -0.25) is 14.4 Å². The van der Waals surface area contributed by atoms with Crippen LogP contribution in [-0.4, -0.2) is 87.6 Å². The monoisotopic (exact) mass is 621 g/mol. The Balaban J connectivity index is 2.04. The lowest BCUT2D eigenvalue weighted by atomic mass is 10.0. The third-order valence-electron chi connectivity index (χ3n) is 6.42. The summed E-state index contributed by atoms with van der Waals surface area (Å²) in [5.74, 6) is -4.96. The van der Waals surface area contributed by atoms with Gasteiger partial charge in [-0.2, -0.15) is 5.10 Å². The Morgan fingerprint density at radius 3 is 2.47 bits per heavy atom. The highest BCUT2D eigenvalue weighted by molar-refractivity contribution is 6.31. The number of benzene rings is 1. The Hall–Kier alpha value is -4.17. The molecule has 2 aromatic rings. The van der Waals surface area contributed by atoms with Gasteiger partial charge in [0, 0.05) is 43.2 Å². The molecule has 1 aromatic heterocycles. The number of methoxy groups -OCH3 is 1. The number of aromatic nitrogens is 2. The molecule has 0 unspecified atom stereocenters. The summed E-state index contributed by atoms with van der Waals surface area (Å²) in [5.41, 5.74) is 0.145. The van der Waals surface area contributed by atoms with Crippen LogP contribution in [0, 0.1) is 0 Å². The number of alkyl carbamates (subject to hydrolysis) is 1. The van der Waals surface area contributed by atoms with Crippen LogP contribution in [0.5, 0.6) is 0 Å². The molecule has 1 aliphatic rings. The van der Waals surface area contributed by atoms with Crippen molar-refractivity contribution in [2.24, 2.45) is 0 Å². The maximum absolute atomic E-state index is 13.5. The molecule has 1 aromatic carbocycles. The number of carbonyl (C=O) groups excluding carboxylic acids is 3. The number of aliphatic carboxylic acids is 2. The standard InChI is InChI=1S/C28H36ClN5O9/c1-28(2,3)43-27(41)30-17-9-7-11-33(14-17)25-18(12-16-8-5-6-10-19(16)29)22(32-34(25)15-42-4)24(38)31-23(26(39)40)20(35)13-21(36)37/h5-6,8,10,17,23H,7,9,11-15H2,1-4H3,(H,30,41)(H,31,38)(H,36,37)(H,39,40)/t17-,23+/m1/s1. The van der Waals surface area contributed by atoms with E-state index in [0.717, 1.165) is 0 Å². The lowest BCUT2D eigenvalue weighted by Crippen LogP contribution is -2.49. The molecule has 0 saturated carbocycles. The summed E-state index contributed by atoms with van der Waals surface area (Å²) in [6.07, 6.45) is -0.202. The topological polar surface area (TPSA) is 189 Å². The molecule has 4 N–H and O–H groups in total.